The second-order valence-electron chi connectivity index (χ2n) is 5.22. The summed E-state index contributed by atoms with van der Waals surface area (Å²) >= 11 is 5.98. The molecule has 1 rings (SSSR count). The molecule has 0 radical (unpaired) electrons. The number of pyridine rings is 1. The van der Waals surface area contributed by atoms with Gasteiger partial charge in [0.1, 0.15) is 6.54 Å². The quantitative estimate of drug-likeness (QED) is 0.802. The predicted molar refractivity (Wildman–Crippen MR) is 76.7 cm³/mol. The first-order valence-electron chi connectivity index (χ1n) is 6.34. The molecule has 0 fully saturated rings. The molecule has 1 amide bonds. The summed E-state index contributed by atoms with van der Waals surface area (Å²) in [4.78, 5) is 29.5. The lowest BCUT2D eigenvalue weighted by atomic mass is 10.0. The number of carbonyl (C=O) groups is 2. The van der Waals surface area contributed by atoms with E-state index < -0.39 is 11.5 Å². The molecule has 0 aliphatic carbocycles. The fourth-order valence-electron chi connectivity index (χ4n) is 1.64. The van der Waals surface area contributed by atoms with Crippen LogP contribution in [0.2, 0.25) is 5.02 Å². The van der Waals surface area contributed by atoms with Gasteiger partial charge in [-0.2, -0.15) is 0 Å². The number of aromatic nitrogens is 1. The van der Waals surface area contributed by atoms with Crippen LogP contribution >= 0.6 is 11.6 Å². The lowest BCUT2D eigenvalue weighted by molar-refractivity contribution is -0.144. The smallest absolute Gasteiger partial charge is 0.325 e. The van der Waals surface area contributed by atoms with Gasteiger partial charge >= 0.3 is 5.97 Å². The summed E-state index contributed by atoms with van der Waals surface area (Å²) in [6.45, 7) is 7.42. The number of rotatable bonds is 4. The molecule has 0 saturated carbocycles. The number of nitrogens with zero attached hydrogens (tertiary/aromatic N) is 2. The summed E-state index contributed by atoms with van der Waals surface area (Å²) in [6.07, 6.45) is 2.89. The van der Waals surface area contributed by atoms with E-state index in [0.717, 1.165) is 0 Å². The molecule has 1 heterocycles. The van der Waals surface area contributed by atoms with E-state index in [2.05, 4.69) is 4.98 Å². The van der Waals surface area contributed by atoms with Crippen LogP contribution in [-0.4, -0.2) is 40.5 Å². The van der Waals surface area contributed by atoms with E-state index in [-0.39, 0.29) is 24.1 Å². The van der Waals surface area contributed by atoms with Gasteiger partial charge in [0.2, 0.25) is 0 Å². The summed E-state index contributed by atoms with van der Waals surface area (Å²) in [5.41, 5.74) is -0.211. The maximum atomic E-state index is 12.6. The second-order valence-corrected chi connectivity index (χ2v) is 5.63. The summed E-state index contributed by atoms with van der Waals surface area (Å²) in [5.74, 6) is -0.765. The highest BCUT2D eigenvalue weighted by Gasteiger charge is 2.30. The maximum Gasteiger partial charge on any atom is 0.325 e. The summed E-state index contributed by atoms with van der Waals surface area (Å²) in [6, 6.07) is 1.54. The molecule has 6 heteroatoms. The zero-order chi connectivity index (χ0) is 15.3. The third kappa shape index (κ3) is 4.20. The molecular formula is C14H19ClN2O3. The largest absolute Gasteiger partial charge is 0.465 e. The van der Waals surface area contributed by atoms with Gasteiger partial charge in [-0.15, -0.1) is 0 Å². The average molecular weight is 299 g/mol. The summed E-state index contributed by atoms with van der Waals surface area (Å²) in [5, 5.41) is 0.260. The summed E-state index contributed by atoms with van der Waals surface area (Å²) in [7, 11) is 0. The van der Waals surface area contributed by atoms with Crippen molar-refractivity contribution in [1.82, 2.24) is 9.88 Å². The van der Waals surface area contributed by atoms with E-state index in [1.54, 1.807) is 6.92 Å². The Morgan fingerprint density at radius 2 is 2.05 bits per heavy atom. The number of halogens is 1. The molecule has 0 atom stereocenters. The van der Waals surface area contributed by atoms with Crippen molar-refractivity contribution in [2.45, 2.75) is 33.2 Å². The van der Waals surface area contributed by atoms with Crippen molar-refractivity contribution in [2.24, 2.45) is 0 Å². The third-order valence-corrected chi connectivity index (χ3v) is 2.95. The lowest BCUT2D eigenvalue weighted by Gasteiger charge is -2.35. The number of ether oxygens (including phenoxy) is 1. The van der Waals surface area contributed by atoms with Crippen molar-refractivity contribution in [2.75, 3.05) is 13.2 Å². The fourth-order valence-corrected chi connectivity index (χ4v) is 1.84. The van der Waals surface area contributed by atoms with Gasteiger partial charge in [-0.1, -0.05) is 11.6 Å². The average Bonchev–Trinajstić information content (AvgIpc) is 2.35. The first-order valence-corrected chi connectivity index (χ1v) is 6.72. The molecular weight excluding hydrogens is 280 g/mol. The minimum Gasteiger partial charge on any atom is -0.465 e. The third-order valence-electron chi connectivity index (χ3n) is 2.65. The molecule has 20 heavy (non-hydrogen) atoms. The van der Waals surface area contributed by atoms with Crippen molar-refractivity contribution in [3.05, 3.63) is 29.0 Å². The molecule has 0 spiro atoms. The van der Waals surface area contributed by atoms with Gasteiger partial charge in [0, 0.05) is 17.9 Å². The van der Waals surface area contributed by atoms with E-state index in [9.17, 15) is 9.59 Å². The molecule has 0 aliphatic heterocycles. The van der Waals surface area contributed by atoms with Crippen molar-refractivity contribution < 1.29 is 14.3 Å². The van der Waals surface area contributed by atoms with Crippen LogP contribution in [0, 0.1) is 0 Å². The summed E-state index contributed by atoms with van der Waals surface area (Å²) < 4.78 is 4.91. The van der Waals surface area contributed by atoms with Crippen LogP contribution in [0.3, 0.4) is 0 Å². The Hall–Kier alpha value is -1.62. The first-order chi connectivity index (χ1) is 9.27. The van der Waals surface area contributed by atoms with Crippen molar-refractivity contribution in [3.8, 4) is 0 Å². The van der Waals surface area contributed by atoms with Crippen LogP contribution in [0.4, 0.5) is 0 Å². The molecule has 5 nitrogen and oxygen atoms in total. The molecule has 0 bridgehead atoms. The lowest BCUT2D eigenvalue weighted by Crippen LogP contribution is -2.48. The number of carbonyl (C=O) groups excluding carboxylic acids is 2. The van der Waals surface area contributed by atoms with Crippen LogP contribution in [-0.2, 0) is 9.53 Å². The Morgan fingerprint density at radius 3 is 2.55 bits per heavy atom. The Balaban J connectivity index is 3.03. The zero-order valence-corrected chi connectivity index (χ0v) is 12.9. The molecule has 1 aromatic rings. The second kappa shape index (κ2) is 6.70. The highest BCUT2D eigenvalue weighted by molar-refractivity contribution is 6.33. The minimum atomic E-state index is -0.531. The topological polar surface area (TPSA) is 59.5 Å². The first kappa shape index (κ1) is 16.4. The Kier molecular flexibility index (Phi) is 5.51. The number of hydrogen-bond donors (Lipinski definition) is 0. The van der Waals surface area contributed by atoms with Gasteiger partial charge < -0.3 is 9.64 Å². The highest BCUT2D eigenvalue weighted by atomic mass is 35.5. The van der Waals surface area contributed by atoms with E-state index >= 15 is 0 Å². The standard InChI is InChI=1S/C14H19ClN2O3/c1-5-20-12(18)9-17(14(2,3)4)13(19)10-6-7-16-8-11(10)15/h6-8H,5,9H2,1-4H3. The van der Waals surface area contributed by atoms with Gasteiger partial charge in [0.15, 0.2) is 0 Å². The van der Waals surface area contributed by atoms with E-state index in [0.29, 0.717) is 5.56 Å². The monoisotopic (exact) mass is 298 g/mol. The van der Waals surface area contributed by atoms with E-state index in [4.69, 9.17) is 16.3 Å². The Morgan fingerprint density at radius 1 is 1.40 bits per heavy atom. The van der Waals surface area contributed by atoms with Gasteiger partial charge in [0.25, 0.3) is 5.91 Å². The zero-order valence-electron chi connectivity index (χ0n) is 12.1. The van der Waals surface area contributed by atoms with Crippen molar-refractivity contribution >= 4 is 23.5 Å². The molecule has 110 valence electrons. The van der Waals surface area contributed by atoms with Crippen LogP contribution in [0.5, 0.6) is 0 Å². The van der Waals surface area contributed by atoms with Crippen LogP contribution < -0.4 is 0 Å². The van der Waals surface area contributed by atoms with Gasteiger partial charge in [-0.3, -0.25) is 14.6 Å². The molecule has 0 saturated heterocycles. The highest BCUT2D eigenvalue weighted by Crippen LogP contribution is 2.21. The van der Waals surface area contributed by atoms with Gasteiger partial charge in [-0.25, -0.2) is 0 Å². The molecule has 0 aliphatic rings. The molecule has 0 N–H and O–H groups in total. The van der Waals surface area contributed by atoms with E-state index in [1.165, 1.54) is 23.4 Å². The molecule has 0 unspecified atom stereocenters. The molecule has 1 aromatic heterocycles. The van der Waals surface area contributed by atoms with Crippen LogP contribution in [0.1, 0.15) is 38.1 Å². The normalized spacial score (nSPS) is 11.1. The van der Waals surface area contributed by atoms with Crippen LogP contribution in [0.15, 0.2) is 18.5 Å². The minimum absolute atomic E-state index is 0.116. The SMILES string of the molecule is CCOC(=O)CN(C(=O)c1ccncc1Cl)C(C)(C)C. The maximum absolute atomic E-state index is 12.6. The van der Waals surface area contributed by atoms with Crippen LogP contribution in [0.25, 0.3) is 0 Å². The number of hydrogen-bond acceptors (Lipinski definition) is 4. The van der Waals surface area contributed by atoms with E-state index in [1.807, 2.05) is 20.8 Å². The number of esters is 1. The fraction of sp³-hybridized carbons (Fsp3) is 0.500. The van der Waals surface area contributed by atoms with Gasteiger partial charge in [0.05, 0.1) is 17.2 Å². The van der Waals surface area contributed by atoms with Crippen molar-refractivity contribution in [1.29, 1.82) is 0 Å². The Bertz CT molecular complexity index is 497. The Labute approximate surface area is 123 Å². The number of amides is 1. The molecule has 0 aromatic carbocycles. The van der Waals surface area contributed by atoms with Crippen molar-refractivity contribution in [3.63, 3.8) is 0 Å². The van der Waals surface area contributed by atoms with Gasteiger partial charge in [-0.05, 0) is 33.8 Å². The predicted octanol–water partition coefficient (Wildman–Crippen LogP) is 2.54.